The van der Waals surface area contributed by atoms with Gasteiger partial charge in [0.05, 0.1) is 36.5 Å². The molecular formula is C27H28N6O2. The number of likely N-dealkylation sites (N-methyl/N-ethyl adjacent to an activating group) is 1. The Hall–Kier alpha value is -4.04. The Morgan fingerprint density at radius 3 is 2.26 bits per heavy atom. The number of nitrogens with zero attached hydrogens (tertiary/aromatic N) is 4. The van der Waals surface area contributed by atoms with Crippen molar-refractivity contribution in [3.63, 3.8) is 0 Å². The number of hydrogen-bond donors (Lipinski definition) is 2. The van der Waals surface area contributed by atoms with Crippen molar-refractivity contribution in [2.45, 2.75) is 0 Å². The van der Waals surface area contributed by atoms with Crippen LogP contribution in [0.5, 0.6) is 11.5 Å². The van der Waals surface area contributed by atoms with E-state index in [9.17, 15) is 0 Å². The van der Waals surface area contributed by atoms with E-state index in [1.807, 2.05) is 24.3 Å². The predicted octanol–water partition coefficient (Wildman–Crippen LogP) is 4.54. The van der Waals surface area contributed by atoms with E-state index < -0.39 is 0 Å². The van der Waals surface area contributed by atoms with Crippen molar-refractivity contribution in [3.05, 3.63) is 54.6 Å². The zero-order valence-corrected chi connectivity index (χ0v) is 20.1. The summed E-state index contributed by atoms with van der Waals surface area (Å²) >= 11 is 0. The molecule has 35 heavy (non-hydrogen) atoms. The highest BCUT2D eigenvalue weighted by Crippen LogP contribution is 2.33. The minimum atomic E-state index is 0.671. The van der Waals surface area contributed by atoms with Gasteiger partial charge in [-0.3, -0.25) is 0 Å². The van der Waals surface area contributed by atoms with Crippen molar-refractivity contribution in [1.29, 1.82) is 0 Å². The van der Waals surface area contributed by atoms with Gasteiger partial charge in [-0.15, -0.1) is 0 Å². The van der Waals surface area contributed by atoms with Gasteiger partial charge in [-0.25, -0.2) is 9.97 Å². The fourth-order valence-electron chi connectivity index (χ4n) is 4.73. The third-order valence-electron chi connectivity index (χ3n) is 6.75. The van der Waals surface area contributed by atoms with E-state index in [-0.39, 0.29) is 0 Å². The fourth-order valence-corrected chi connectivity index (χ4v) is 4.73. The lowest BCUT2D eigenvalue weighted by Gasteiger charge is -2.34. The number of aromatic nitrogens is 4. The van der Waals surface area contributed by atoms with E-state index in [1.54, 1.807) is 14.2 Å². The van der Waals surface area contributed by atoms with Crippen LogP contribution in [0, 0.1) is 0 Å². The summed E-state index contributed by atoms with van der Waals surface area (Å²) in [5.74, 6) is 2.99. The largest absolute Gasteiger partial charge is 0.493 e. The second-order valence-electron chi connectivity index (χ2n) is 8.94. The Kier molecular flexibility index (Phi) is 5.30. The summed E-state index contributed by atoms with van der Waals surface area (Å²) in [7, 11) is 5.44. The lowest BCUT2D eigenvalue weighted by Crippen LogP contribution is -2.44. The monoisotopic (exact) mass is 468 g/mol. The number of nitrogens with one attached hydrogen (secondary N) is 2. The van der Waals surface area contributed by atoms with Gasteiger partial charge in [-0.1, -0.05) is 6.07 Å². The minimum Gasteiger partial charge on any atom is -0.493 e. The Labute approximate surface area is 203 Å². The molecule has 6 rings (SSSR count). The van der Waals surface area contributed by atoms with Crippen LogP contribution < -0.4 is 14.4 Å². The van der Waals surface area contributed by atoms with Gasteiger partial charge in [0.25, 0.3) is 0 Å². The molecule has 3 aromatic carbocycles. The predicted molar refractivity (Wildman–Crippen MR) is 139 cm³/mol. The third kappa shape index (κ3) is 3.85. The number of benzene rings is 3. The van der Waals surface area contributed by atoms with Crippen LogP contribution in [0.25, 0.3) is 44.8 Å². The average molecular weight is 469 g/mol. The Morgan fingerprint density at radius 1 is 0.743 bits per heavy atom. The Morgan fingerprint density at radius 2 is 1.46 bits per heavy atom. The van der Waals surface area contributed by atoms with E-state index in [1.165, 1.54) is 5.69 Å². The summed E-state index contributed by atoms with van der Waals surface area (Å²) in [6, 6.07) is 18.3. The quantitative estimate of drug-likeness (QED) is 0.394. The van der Waals surface area contributed by atoms with Gasteiger partial charge >= 0.3 is 0 Å². The van der Waals surface area contributed by atoms with E-state index in [4.69, 9.17) is 19.4 Å². The number of ether oxygens (including phenoxy) is 2. The maximum absolute atomic E-state index is 5.45. The molecule has 0 unspecified atom stereocenters. The molecule has 1 aliphatic rings. The van der Waals surface area contributed by atoms with Crippen molar-refractivity contribution in [3.8, 4) is 34.3 Å². The van der Waals surface area contributed by atoms with Gasteiger partial charge in [0.1, 0.15) is 17.2 Å². The molecule has 1 aliphatic heterocycles. The van der Waals surface area contributed by atoms with Crippen LogP contribution in [-0.2, 0) is 0 Å². The summed E-state index contributed by atoms with van der Waals surface area (Å²) in [6.07, 6.45) is 0. The SMILES string of the molecule is COc1ccc(-c2nc3ccc(-c4nc5c(N6CCN(C)CC6)cccc5[nH]4)cc3[nH]2)cc1OC. The molecule has 8 nitrogen and oxygen atoms in total. The summed E-state index contributed by atoms with van der Waals surface area (Å²) in [5.41, 5.74) is 7.05. The van der Waals surface area contributed by atoms with Crippen molar-refractivity contribution in [1.82, 2.24) is 24.8 Å². The molecule has 2 aromatic heterocycles. The number of fused-ring (bicyclic) bond motifs is 2. The number of hydrogen-bond acceptors (Lipinski definition) is 6. The molecule has 0 radical (unpaired) electrons. The first-order valence-corrected chi connectivity index (χ1v) is 11.8. The van der Waals surface area contributed by atoms with Gasteiger partial charge in [-0.2, -0.15) is 0 Å². The standard InChI is InChI=1S/C27H28N6O2/c1-32-11-13-33(14-12-32)22-6-4-5-20-25(22)31-27(29-20)17-7-9-19-21(15-17)30-26(28-19)18-8-10-23(34-2)24(16-18)35-3/h4-10,15-16H,11-14H2,1-3H3,(H,28,30)(H,29,31). The third-order valence-corrected chi connectivity index (χ3v) is 6.75. The first kappa shape index (κ1) is 21.5. The van der Waals surface area contributed by atoms with Crippen molar-refractivity contribution >= 4 is 27.8 Å². The van der Waals surface area contributed by atoms with Crippen LogP contribution in [0.1, 0.15) is 0 Å². The zero-order chi connectivity index (χ0) is 23.9. The zero-order valence-electron chi connectivity index (χ0n) is 20.1. The number of rotatable bonds is 5. The molecule has 178 valence electrons. The lowest BCUT2D eigenvalue weighted by molar-refractivity contribution is 0.313. The molecule has 8 heteroatoms. The number of methoxy groups -OCH3 is 2. The highest BCUT2D eigenvalue weighted by Gasteiger charge is 2.19. The topological polar surface area (TPSA) is 82.3 Å². The molecule has 1 saturated heterocycles. The van der Waals surface area contributed by atoms with Crippen LogP contribution in [0.4, 0.5) is 5.69 Å². The molecule has 2 N–H and O–H groups in total. The molecule has 0 bridgehead atoms. The fraction of sp³-hybridized carbons (Fsp3) is 0.259. The smallest absolute Gasteiger partial charge is 0.161 e. The normalized spacial score (nSPS) is 14.7. The van der Waals surface area contributed by atoms with Crippen LogP contribution in [0.15, 0.2) is 54.6 Å². The number of anilines is 1. The molecule has 1 fully saturated rings. The van der Waals surface area contributed by atoms with Crippen LogP contribution in [-0.4, -0.2) is 72.3 Å². The van der Waals surface area contributed by atoms with E-state index in [0.29, 0.717) is 11.5 Å². The number of aromatic amines is 2. The molecule has 0 aliphatic carbocycles. The molecule has 0 saturated carbocycles. The number of para-hydroxylation sites is 1. The summed E-state index contributed by atoms with van der Waals surface area (Å²) in [5, 5.41) is 0. The van der Waals surface area contributed by atoms with Crippen LogP contribution >= 0.6 is 0 Å². The van der Waals surface area contributed by atoms with Gasteiger partial charge in [-0.05, 0) is 55.6 Å². The molecular weight excluding hydrogens is 440 g/mol. The molecule has 3 heterocycles. The lowest BCUT2D eigenvalue weighted by atomic mass is 10.2. The Balaban J connectivity index is 1.35. The number of piperazine rings is 1. The molecule has 5 aromatic rings. The summed E-state index contributed by atoms with van der Waals surface area (Å²) < 4.78 is 10.8. The highest BCUT2D eigenvalue weighted by atomic mass is 16.5. The molecule has 0 amide bonds. The second kappa shape index (κ2) is 8.63. The van der Waals surface area contributed by atoms with E-state index in [2.05, 4.69) is 57.1 Å². The van der Waals surface area contributed by atoms with Crippen molar-refractivity contribution < 1.29 is 9.47 Å². The maximum Gasteiger partial charge on any atom is 0.161 e. The molecule has 0 atom stereocenters. The van der Waals surface area contributed by atoms with Crippen molar-refractivity contribution in [2.24, 2.45) is 0 Å². The minimum absolute atomic E-state index is 0.671. The van der Waals surface area contributed by atoms with Crippen LogP contribution in [0.3, 0.4) is 0 Å². The van der Waals surface area contributed by atoms with E-state index in [0.717, 1.165) is 71.0 Å². The van der Waals surface area contributed by atoms with Crippen LogP contribution in [0.2, 0.25) is 0 Å². The number of imidazole rings is 2. The van der Waals surface area contributed by atoms with Gasteiger partial charge < -0.3 is 29.2 Å². The first-order valence-electron chi connectivity index (χ1n) is 11.8. The Bertz CT molecular complexity index is 1510. The highest BCUT2D eigenvalue weighted by molar-refractivity contribution is 5.92. The van der Waals surface area contributed by atoms with E-state index >= 15 is 0 Å². The summed E-state index contributed by atoms with van der Waals surface area (Å²) in [4.78, 5) is 21.6. The average Bonchev–Trinajstić information content (AvgIpc) is 3.52. The van der Waals surface area contributed by atoms with Gasteiger partial charge in [0.2, 0.25) is 0 Å². The van der Waals surface area contributed by atoms with Crippen molar-refractivity contribution in [2.75, 3.05) is 52.3 Å². The first-order chi connectivity index (χ1) is 17.1. The maximum atomic E-state index is 5.45. The van der Waals surface area contributed by atoms with Gasteiger partial charge in [0, 0.05) is 37.3 Å². The summed E-state index contributed by atoms with van der Waals surface area (Å²) in [6.45, 7) is 4.15. The number of H-pyrrole nitrogens is 2. The molecule has 0 spiro atoms. The van der Waals surface area contributed by atoms with Gasteiger partial charge in [0.15, 0.2) is 11.5 Å². The second-order valence-corrected chi connectivity index (χ2v) is 8.94.